The summed E-state index contributed by atoms with van der Waals surface area (Å²) in [6.07, 6.45) is 69.5. The molecule has 0 N–H and O–H groups in total. The van der Waals surface area contributed by atoms with E-state index in [1.807, 2.05) is 0 Å². The molecule has 1 atom stereocenters. The summed E-state index contributed by atoms with van der Waals surface area (Å²) < 4.78 is 16.9. The molecule has 0 saturated carbocycles. The van der Waals surface area contributed by atoms with E-state index >= 15 is 0 Å². The Balaban J connectivity index is 4.40. The number of hydrogen-bond acceptors (Lipinski definition) is 6. The van der Waals surface area contributed by atoms with Gasteiger partial charge in [0.25, 0.3) is 0 Å². The SMILES string of the molecule is CCCCC/C=C/C/C=C/C/C=C/CCCCCCC(=O)OC[C@@H](COC(=O)CCCCCCCCCCCCCCCCCC)OC(=O)CCCCCCCCC/C=C/CCCCCCCC. The van der Waals surface area contributed by atoms with E-state index in [1.165, 1.54) is 186 Å². The summed E-state index contributed by atoms with van der Waals surface area (Å²) in [6, 6.07) is 0. The number of esters is 3. The topological polar surface area (TPSA) is 78.9 Å². The van der Waals surface area contributed by atoms with Crippen LogP contribution in [-0.2, 0) is 28.6 Å². The molecule has 0 aliphatic carbocycles. The van der Waals surface area contributed by atoms with Gasteiger partial charge in [-0.3, -0.25) is 14.4 Å². The van der Waals surface area contributed by atoms with Crippen LogP contribution < -0.4 is 0 Å². The van der Waals surface area contributed by atoms with E-state index in [9.17, 15) is 14.4 Å². The van der Waals surface area contributed by atoms with Crippen molar-refractivity contribution in [3.05, 3.63) is 48.6 Å². The van der Waals surface area contributed by atoms with Gasteiger partial charge in [-0.1, -0.05) is 256 Å². The summed E-state index contributed by atoms with van der Waals surface area (Å²) in [4.78, 5) is 38.2. The molecule has 0 aromatic rings. The molecular formula is C62H112O6. The number of carbonyl (C=O) groups excluding carboxylic acids is 3. The molecule has 0 spiro atoms. The minimum Gasteiger partial charge on any atom is -0.462 e. The first kappa shape index (κ1) is 65.4. The fourth-order valence-electron chi connectivity index (χ4n) is 8.56. The van der Waals surface area contributed by atoms with E-state index < -0.39 is 6.10 Å². The van der Waals surface area contributed by atoms with Crippen LogP contribution >= 0.6 is 0 Å². The lowest BCUT2D eigenvalue weighted by Crippen LogP contribution is -2.30. The number of ether oxygens (including phenoxy) is 3. The minimum absolute atomic E-state index is 0.0789. The van der Waals surface area contributed by atoms with Gasteiger partial charge in [-0.05, 0) is 83.5 Å². The normalized spacial score (nSPS) is 12.3. The van der Waals surface area contributed by atoms with Crippen molar-refractivity contribution in [1.82, 2.24) is 0 Å². The molecule has 0 aromatic heterocycles. The van der Waals surface area contributed by atoms with E-state index in [-0.39, 0.29) is 31.1 Å². The Kier molecular flexibility index (Phi) is 54.8. The zero-order chi connectivity index (χ0) is 49.3. The van der Waals surface area contributed by atoms with Crippen LogP contribution in [0.4, 0.5) is 0 Å². The fourth-order valence-corrected chi connectivity index (χ4v) is 8.56. The van der Waals surface area contributed by atoms with Gasteiger partial charge in [-0.25, -0.2) is 0 Å². The molecule has 0 unspecified atom stereocenters. The van der Waals surface area contributed by atoms with Crippen molar-refractivity contribution in [2.45, 2.75) is 316 Å². The molecule has 0 amide bonds. The van der Waals surface area contributed by atoms with Crippen molar-refractivity contribution in [2.75, 3.05) is 13.2 Å². The van der Waals surface area contributed by atoms with Crippen LogP contribution in [0, 0.1) is 0 Å². The standard InChI is InChI=1S/C62H112O6/c1-4-7-10-13-16-19-22-25-28-31-34-37-40-43-46-49-52-55-61(64)67-58-59(57-66-60(63)54-51-48-45-42-39-36-33-30-27-24-21-18-15-12-9-6-3)68-62(65)56-53-50-47-44-41-38-35-32-29-26-23-20-17-14-11-8-5-2/h16,19,25-26,28-29,34,37,59H,4-15,17-18,20-24,27,30-33,35-36,38-58H2,1-3H3/b19-16+,28-25+,29-26+,37-34+/t59-/m1/s1. The average molecular weight is 954 g/mol. The third-order valence-corrected chi connectivity index (χ3v) is 13.1. The lowest BCUT2D eigenvalue weighted by Gasteiger charge is -2.18. The van der Waals surface area contributed by atoms with E-state index in [0.29, 0.717) is 19.3 Å². The second-order valence-electron chi connectivity index (χ2n) is 19.9. The summed E-state index contributed by atoms with van der Waals surface area (Å²) >= 11 is 0. The van der Waals surface area contributed by atoms with E-state index in [1.54, 1.807) is 0 Å². The van der Waals surface area contributed by atoms with Crippen LogP contribution in [0.1, 0.15) is 310 Å². The number of unbranched alkanes of at least 4 members (excludes halogenated alkanes) is 35. The maximum atomic E-state index is 12.9. The molecule has 6 nitrogen and oxygen atoms in total. The highest BCUT2D eigenvalue weighted by Crippen LogP contribution is 2.16. The summed E-state index contributed by atoms with van der Waals surface area (Å²) in [7, 11) is 0. The summed E-state index contributed by atoms with van der Waals surface area (Å²) in [5, 5.41) is 0. The van der Waals surface area contributed by atoms with Gasteiger partial charge in [0.15, 0.2) is 6.10 Å². The second-order valence-corrected chi connectivity index (χ2v) is 19.9. The van der Waals surface area contributed by atoms with Gasteiger partial charge in [0.05, 0.1) is 0 Å². The van der Waals surface area contributed by atoms with Crippen molar-refractivity contribution in [2.24, 2.45) is 0 Å². The van der Waals surface area contributed by atoms with Gasteiger partial charge in [-0.2, -0.15) is 0 Å². The molecule has 0 rings (SSSR count). The molecule has 6 heteroatoms. The van der Waals surface area contributed by atoms with E-state index in [4.69, 9.17) is 14.2 Å². The number of hydrogen-bond donors (Lipinski definition) is 0. The van der Waals surface area contributed by atoms with Gasteiger partial charge >= 0.3 is 17.9 Å². The monoisotopic (exact) mass is 953 g/mol. The Labute approximate surface area is 422 Å². The van der Waals surface area contributed by atoms with Crippen LogP contribution in [0.25, 0.3) is 0 Å². The van der Waals surface area contributed by atoms with E-state index in [0.717, 1.165) is 83.5 Å². The van der Waals surface area contributed by atoms with Gasteiger partial charge in [0.1, 0.15) is 13.2 Å². The van der Waals surface area contributed by atoms with Crippen LogP contribution in [0.5, 0.6) is 0 Å². The van der Waals surface area contributed by atoms with Crippen molar-refractivity contribution in [3.8, 4) is 0 Å². The van der Waals surface area contributed by atoms with Crippen LogP contribution in [0.2, 0.25) is 0 Å². The summed E-state index contributed by atoms with van der Waals surface area (Å²) in [5.41, 5.74) is 0. The molecule has 68 heavy (non-hydrogen) atoms. The largest absolute Gasteiger partial charge is 0.462 e. The third-order valence-electron chi connectivity index (χ3n) is 13.1. The molecule has 0 bridgehead atoms. The summed E-state index contributed by atoms with van der Waals surface area (Å²) in [5.74, 6) is -0.889. The maximum absolute atomic E-state index is 12.9. The first-order chi connectivity index (χ1) is 33.5. The molecule has 0 fully saturated rings. The van der Waals surface area contributed by atoms with Crippen molar-refractivity contribution in [3.63, 3.8) is 0 Å². The Morgan fingerprint density at radius 2 is 0.529 bits per heavy atom. The Morgan fingerprint density at radius 3 is 0.868 bits per heavy atom. The lowest BCUT2D eigenvalue weighted by atomic mass is 10.0. The first-order valence-corrected chi connectivity index (χ1v) is 29.6. The van der Waals surface area contributed by atoms with Gasteiger partial charge < -0.3 is 14.2 Å². The predicted molar refractivity (Wildman–Crippen MR) is 293 cm³/mol. The zero-order valence-electron chi connectivity index (χ0n) is 45.4. The van der Waals surface area contributed by atoms with Crippen molar-refractivity contribution >= 4 is 17.9 Å². The number of rotatable bonds is 54. The van der Waals surface area contributed by atoms with Crippen LogP contribution in [-0.4, -0.2) is 37.2 Å². The van der Waals surface area contributed by atoms with Gasteiger partial charge in [0, 0.05) is 19.3 Å². The molecule has 0 aliphatic rings. The quantitative estimate of drug-likeness (QED) is 0.0262. The van der Waals surface area contributed by atoms with Crippen molar-refractivity contribution in [1.29, 1.82) is 0 Å². The molecule has 0 aliphatic heterocycles. The lowest BCUT2D eigenvalue weighted by molar-refractivity contribution is -0.167. The Bertz CT molecular complexity index is 1190. The third kappa shape index (κ3) is 54.3. The molecule has 0 aromatic carbocycles. The molecule has 0 saturated heterocycles. The van der Waals surface area contributed by atoms with Gasteiger partial charge in [-0.15, -0.1) is 0 Å². The number of allylic oxidation sites excluding steroid dienone is 8. The highest BCUT2D eigenvalue weighted by molar-refractivity contribution is 5.71. The minimum atomic E-state index is -0.783. The molecule has 0 radical (unpaired) electrons. The Hall–Kier alpha value is -2.63. The van der Waals surface area contributed by atoms with Crippen LogP contribution in [0.3, 0.4) is 0 Å². The maximum Gasteiger partial charge on any atom is 0.306 e. The second kappa shape index (κ2) is 57.0. The summed E-state index contributed by atoms with van der Waals surface area (Å²) in [6.45, 7) is 6.63. The zero-order valence-corrected chi connectivity index (χ0v) is 45.4. The number of carbonyl (C=O) groups is 3. The predicted octanol–water partition coefficient (Wildman–Crippen LogP) is 19.8. The highest BCUT2D eigenvalue weighted by atomic mass is 16.6. The van der Waals surface area contributed by atoms with Crippen molar-refractivity contribution < 1.29 is 28.6 Å². The fraction of sp³-hybridized carbons (Fsp3) is 0.823. The van der Waals surface area contributed by atoms with E-state index in [2.05, 4.69) is 69.4 Å². The molecule has 396 valence electrons. The molecular weight excluding hydrogens is 841 g/mol. The highest BCUT2D eigenvalue weighted by Gasteiger charge is 2.19. The molecule has 0 heterocycles. The first-order valence-electron chi connectivity index (χ1n) is 29.6. The van der Waals surface area contributed by atoms with Gasteiger partial charge in [0.2, 0.25) is 0 Å². The Morgan fingerprint density at radius 1 is 0.294 bits per heavy atom. The average Bonchev–Trinajstić information content (AvgIpc) is 3.34. The van der Waals surface area contributed by atoms with Crippen LogP contribution in [0.15, 0.2) is 48.6 Å². The smallest absolute Gasteiger partial charge is 0.306 e.